The number of hydrogen-bond donors (Lipinski definition) is 1. The topological polar surface area (TPSA) is 68.9 Å². The van der Waals surface area contributed by atoms with Crippen molar-refractivity contribution in [1.82, 2.24) is 0 Å². The predicted molar refractivity (Wildman–Crippen MR) is 69.7 cm³/mol. The fourth-order valence-electron chi connectivity index (χ4n) is 1.96. The summed E-state index contributed by atoms with van der Waals surface area (Å²) in [6.07, 6.45) is 0. The van der Waals surface area contributed by atoms with Gasteiger partial charge in [0.1, 0.15) is 16.9 Å². The van der Waals surface area contributed by atoms with Crippen LogP contribution in [0.1, 0.15) is 30.0 Å². The lowest BCUT2D eigenvalue weighted by Crippen LogP contribution is -2.05. The Morgan fingerprint density at radius 2 is 2.05 bits per heavy atom. The Morgan fingerprint density at radius 3 is 2.68 bits per heavy atom. The first kappa shape index (κ1) is 13.3. The number of aryl methyl sites for hydroxylation is 1. The molecule has 1 aromatic heterocycles. The van der Waals surface area contributed by atoms with Crippen LogP contribution in [-0.4, -0.2) is 24.3 Å². The van der Waals surface area contributed by atoms with Crippen molar-refractivity contribution >= 4 is 16.9 Å². The summed E-state index contributed by atoms with van der Waals surface area (Å²) in [5.41, 5.74) is 0.831. The Morgan fingerprint density at radius 1 is 1.32 bits per heavy atom. The number of hydrogen-bond acceptors (Lipinski definition) is 5. The number of ether oxygens (including phenoxy) is 2. The summed E-state index contributed by atoms with van der Waals surface area (Å²) in [6.45, 7) is 5.96. The van der Waals surface area contributed by atoms with E-state index in [1.165, 1.54) is 6.07 Å². The fraction of sp³-hybridized carbons (Fsp3) is 0.357. The Hall–Kier alpha value is -2.17. The van der Waals surface area contributed by atoms with Gasteiger partial charge in [-0.3, -0.25) is 0 Å². The molecule has 1 aromatic carbocycles. The van der Waals surface area contributed by atoms with Gasteiger partial charge in [0.25, 0.3) is 0 Å². The normalized spacial score (nSPS) is 10.7. The Labute approximate surface area is 110 Å². The zero-order valence-corrected chi connectivity index (χ0v) is 11.1. The molecule has 0 saturated heterocycles. The summed E-state index contributed by atoms with van der Waals surface area (Å²) in [5.74, 6) is 0.309. The third-order valence-electron chi connectivity index (χ3n) is 2.73. The van der Waals surface area contributed by atoms with Crippen LogP contribution in [0.25, 0.3) is 11.0 Å². The molecular weight excluding hydrogens is 248 g/mol. The average Bonchev–Trinajstić information content (AvgIpc) is 2.65. The Bertz CT molecular complexity index is 612. The highest BCUT2D eigenvalue weighted by atomic mass is 16.5. The number of furan rings is 1. The van der Waals surface area contributed by atoms with Crippen molar-refractivity contribution in [1.29, 1.82) is 0 Å². The van der Waals surface area contributed by atoms with E-state index in [-0.39, 0.29) is 12.4 Å². The molecule has 0 aliphatic heterocycles. The summed E-state index contributed by atoms with van der Waals surface area (Å²) >= 11 is 0. The Kier molecular flexibility index (Phi) is 3.64. The molecule has 0 bridgehead atoms. The average molecular weight is 264 g/mol. The molecule has 2 rings (SSSR count). The highest BCUT2D eigenvalue weighted by Gasteiger charge is 2.21. The minimum absolute atomic E-state index is 0.0271. The molecule has 0 amide bonds. The summed E-state index contributed by atoms with van der Waals surface area (Å²) in [5, 5.41) is 10.4. The van der Waals surface area contributed by atoms with Crippen molar-refractivity contribution in [3.05, 3.63) is 23.5 Å². The number of benzene rings is 1. The van der Waals surface area contributed by atoms with E-state index in [0.717, 1.165) is 0 Å². The molecule has 0 unspecified atom stereocenters. The van der Waals surface area contributed by atoms with Crippen molar-refractivity contribution < 1.29 is 23.8 Å². The highest BCUT2D eigenvalue weighted by Crippen LogP contribution is 2.35. The second-order valence-corrected chi connectivity index (χ2v) is 4.00. The van der Waals surface area contributed by atoms with Gasteiger partial charge in [0.15, 0.2) is 11.5 Å². The summed E-state index contributed by atoms with van der Waals surface area (Å²) in [4.78, 5) is 11.9. The standard InChI is InChI=1S/C14H16O5/c1-4-17-12-7-11-9(6-10(12)15)13(8(3)19-11)14(16)18-5-2/h6-7,15H,4-5H2,1-3H3. The number of aromatic hydroxyl groups is 1. The van der Waals surface area contributed by atoms with Crippen LogP contribution in [0.3, 0.4) is 0 Å². The molecule has 102 valence electrons. The maximum atomic E-state index is 11.9. The van der Waals surface area contributed by atoms with Gasteiger partial charge < -0.3 is 19.0 Å². The summed E-state index contributed by atoms with van der Waals surface area (Å²) < 4.78 is 15.8. The molecule has 19 heavy (non-hydrogen) atoms. The number of carbonyl (C=O) groups excluding carboxylic acids is 1. The smallest absolute Gasteiger partial charge is 0.342 e. The van der Waals surface area contributed by atoms with Crippen LogP contribution < -0.4 is 4.74 Å². The van der Waals surface area contributed by atoms with Crippen LogP contribution >= 0.6 is 0 Å². The van der Waals surface area contributed by atoms with E-state index >= 15 is 0 Å². The van der Waals surface area contributed by atoms with E-state index < -0.39 is 5.97 Å². The molecule has 0 radical (unpaired) electrons. The first-order valence-corrected chi connectivity index (χ1v) is 6.14. The van der Waals surface area contributed by atoms with Gasteiger partial charge >= 0.3 is 5.97 Å². The van der Waals surface area contributed by atoms with E-state index in [2.05, 4.69) is 0 Å². The molecule has 5 nitrogen and oxygen atoms in total. The number of fused-ring (bicyclic) bond motifs is 1. The van der Waals surface area contributed by atoms with Crippen LogP contribution in [0.15, 0.2) is 16.5 Å². The third-order valence-corrected chi connectivity index (χ3v) is 2.73. The maximum absolute atomic E-state index is 11.9. The van der Waals surface area contributed by atoms with Crippen molar-refractivity contribution in [2.75, 3.05) is 13.2 Å². The molecule has 0 spiro atoms. The highest BCUT2D eigenvalue weighted by molar-refractivity contribution is 6.05. The second kappa shape index (κ2) is 5.22. The van der Waals surface area contributed by atoms with E-state index in [0.29, 0.717) is 34.6 Å². The lowest BCUT2D eigenvalue weighted by Gasteiger charge is -2.05. The van der Waals surface area contributed by atoms with E-state index in [1.807, 2.05) is 6.92 Å². The van der Waals surface area contributed by atoms with Gasteiger partial charge in [-0.25, -0.2) is 4.79 Å². The SMILES string of the molecule is CCOC(=O)c1c(C)oc2cc(OCC)c(O)cc12. The third kappa shape index (κ3) is 2.36. The predicted octanol–water partition coefficient (Wildman–Crippen LogP) is 3.02. The monoisotopic (exact) mass is 264 g/mol. The lowest BCUT2D eigenvalue weighted by molar-refractivity contribution is 0.0526. The lowest BCUT2D eigenvalue weighted by atomic mass is 10.1. The van der Waals surface area contributed by atoms with Gasteiger partial charge in [-0.2, -0.15) is 0 Å². The van der Waals surface area contributed by atoms with E-state index in [4.69, 9.17) is 13.9 Å². The van der Waals surface area contributed by atoms with Crippen LogP contribution in [0.2, 0.25) is 0 Å². The molecule has 1 heterocycles. The van der Waals surface area contributed by atoms with Gasteiger partial charge in [-0.15, -0.1) is 0 Å². The molecule has 0 fully saturated rings. The maximum Gasteiger partial charge on any atom is 0.342 e. The molecule has 0 atom stereocenters. The minimum Gasteiger partial charge on any atom is -0.504 e. The number of phenols is 1. The van der Waals surface area contributed by atoms with Gasteiger partial charge in [-0.05, 0) is 26.8 Å². The molecular formula is C14H16O5. The van der Waals surface area contributed by atoms with Crippen molar-refractivity contribution in [2.45, 2.75) is 20.8 Å². The molecule has 1 N–H and O–H groups in total. The molecule has 5 heteroatoms. The first-order valence-electron chi connectivity index (χ1n) is 6.14. The van der Waals surface area contributed by atoms with Crippen molar-refractivity contribution in [3.8, 4) is 11.5 Å². The molecule has 0 aliphatic carbocycles. The summed E-state index contributed by atoms with van der Waals surface area (Å²) in [6, 6.07) is 3.03. The van der Waals surface area contributed by atoms with E-state index in [9.17, 15) is 9.90 Å². The van der Waals surface area contributed by atoms with Gasteiger partial charge in [-0.1, -0.05) is 0 Å². The molecule has 0 saturated carbocycles. The van der Waals surface area contributed by atoms with E-state index in [1.54, 1.807) is 19.9 Å². The minimum atomic E-state index is -0.456. The zero-order valence-electron chi connectivity index (χ0n) is 11.1. The van der Waals surface area contributed by atoms with Gasteiger partial charge in [0.2, 0.25) is 0 Å². The van der Waals surface area contributed by atoms with Crippen molar-refractivity contribution in [2.24, 2.45) is 0 Å². The number of rotatable bonds is 4. The molecule has 2 aromatic rings. The van der Waals surface area contributed by atoms with Crippen LogP contribution in [0, 0.1) is 6.92 Å². The number of esters is 1. The zero-order chi connectivity index (χ0) is 14.0. The first-order chi connectivity index (χ1) is 9.08. The van der Waals surface area contributed by atoms with Crippen LogP contribution in [-0.2, 0) is 4.74 Å². The molecule has 0 aliphatic rings. The largest absolute Gasteiger partial charge is 0.504 e. The fourth-order valence-corrected chi connectivity index (χ4v) is 1.96. The summed E-state index contributed by atoms with van der Waals surface area (Å²) in [7, 11) is 0. The van der Waals surface area contributed by atoms with Crippen LogP contribution in [0.5, 0.6) is 11.5 Å². The van der Waals surface area contributed by atoms with Crippen molar-refractivity contribution in [3.63, 3.8) is 0 Å². The van der Waals surface area contributed by atoms with Gasteiger partial charge in [0, 0.05) is 11.5 Å². The number of carbonyl (C=O) groups is 1. The van der Waals surface area contributed by atoms with Gasteiger partial charge in [0.05, 0.1) is 13.2 Å². The second-order valence-electron chi connectivity index (χ2n) is 4.00. The quantitative estimate of drug-likeness (QED) is 0.859. The van der Waals surface area contributed by atoms with Crippen LogP contribution in [0.4, 0.5) is 0 Å². The number of phenolic OH excluding ortho intramolecular Hbond substituents is 1. The Balaban J connectivity index is 2.58.